The van der Waals surface area contributed by atoms with Crippen LogP contribution in [0.5, 0.6) is 0 Å². The molecule has 0 saturated heterocycles. The van der Waals surface area contributed by atoms with Crippen LogP contribution in [0.3, 0.4) is 0 Å². The van der Waals surface area contributed by atoms with E-state index in [1.807, 2.05) is 6.92 Å². The summed E-state index contributed by atoms with van der Waals surface area (Å²) in [6.07, 6.45) is 5.09. The molecule has 12 heavy (non-hydrogen) atoms. The average Bonchev–Trinajstić information content (AvgIpc) is 2.01. The average molecular weight is 171 g/mol. The molecule has 0 radical (unpaired) electrons. The Labute approximate surface area is 75.4 Å². The molecule has 1 fully saturated rings. The molecule has 1 rings (SSSR count). The molecule has 0 aromatic rings. The van der Waals surface area contributed by atoms with Gasteiger partial charge in [-0.2, -0.15) is 0 Å². The lowest BCUT2D eigenvalue weighted by molar-refractivity contribution is 0.177. The maximum Gasteiger partial charge on any atom is 0.0636 e. The van der Waals surface area contributed by atoms with Crippen LogP contribution in [-0.2, 0) is 0 Å². The first-order valence-corrected chi connectivity index (χ1v) is 5.10. The van der Waals surface area contributed by atoms with Gasteiger partial charge in [-0.15, -0.1) is 0 Å². The van der Waals surface area contributed by atoms with Gasteiger partial charge in [0.05, 0.1) is 6.10 Å². The Morgan fingerprint density at radius 1 is 1.50 bits per heavy atom. The molecule has 1 saturated carbocycles. The van der Waals surface area contributed by atoms with Gasteiger partial charge in [-0.1, -0.05) is 19.8 Å². The molecular formula is C10H21NO. The summed E-state index contributed by atoms with van der Waals surface area (Å²) < 4.78 is 0. The highest BCUT2D eigenvalue weighted by molar-refractivity contribution is 4.76. The van der Waals surface area contributed by atoms with Crippen molar-refractivity contribution in [3.05, 3.63) is 0 Å². The van der Waals surface area contributed by atoms with E-state index in [0.29, 0.717) is 6.04 Å². The standard InChI is InChI=1S/C10H21NO/c1-8-4-3-5-10(6-8)11-7-9(2)12/h8-12H,3-7H2,1-2H3/t8-,9-,10-/m1/s1. The molecule has 3 atom stereocenters. The van der Waals surface area contributed by atoms with Crippen molar-refractivity contribution >= 4 is 0 Å². The lowest BCUT2D eigenvalue weighted by Crippen LogP contribution is -2.37. The summed E-state index contributed by atoms with van der Waals surface area (Å²) in [4.78, 5) is 0. The molecule has 1 aliphatic carbocycles. The van der Waals surface area contributed by atoms with Crippen LogP contribution in [0.1, 0.15) is 39.5 Å². The zero-order valence-electron chi connectivity index (χ0n) is 8.21. The second kappa shape index (κ2) is 4.83. The van der Waals surface area contributed by atoms with E-state index in [9.17, 15) is 0 Å². The van der Waals surface area contributed by atoms with Gasteiger partial charge >= 0.3 is 0 Å². The van der Waals surface area contributed by atoms with Crippen LogP contribution in [0.15, 0.2) is 0 Å². The highest BCUT2D eigenvalue weighted by atomic mass is 16.3. The molecule has 0 aromatic heterocycles. The molecular weight excluding hydrogens is 150 g/mol. The van der Waals surface area contributed by atoms with Gasteiger partial charge in [0.15, 0.2) is 0 Å². The summed E-state index contributed by atoms with van der Waals surface area (Å²) in [5, 5.41) is 12.5. The van der Waals surface area contributed by atoms with E-state index in [1.54, 1.807) is 0 Å². The Morgan fingerprint density at radius 2 is 2.25 bits per heavy atom. The van der Waals surface area contributed by atoms with E-state index in [0.717, 1.165) is 12.5 Å². The SMILES string of the molecule is C[C@@H]1CCC[C@@H](NC[C@@H](C)O)C1. The monoisotopic (exact) mass is 171 g/mol. The summed E-state index contributed by atoms with van der Waals surface area (Å²) in [7, 11) is 0. The number of nitrogens with one attached hydrogen (secondary N) is 1. The van der Waals surface area contributed by atoms with E-state index < -0.39 is 0 Å². The molecule has 0 bridgehead atoms. The first kappa shape index (κ1) is 10.0. The molecule has 2 heteroatoms. The molecule has 0 spiro atoms. The van der Waals surface area contributed by atoms with Crippen LogP contribution in [0.4, 0.5) is 0 Å². The fourth-order valence-corrected chi connectivity index (χ4v) is 1.96. The minimum absolute atomic E-state index is 0.206. The van der Waals surface area contributed by atoms with E-state index in [4.69, 9.17) is 5.11 Å². The molecule has 1 aliphatic rings. The highest BCUT2D eigenvalue weighted by Crippen LogP contribution is 2.23. The van der Waals surface area contributed by atoms with Crippen molar-refractivity contribution in [2.75, 3.05) is 6.54 Å². The number of aliphatic hydroxyl groups is 1. The van der Waals surface area contributed by atoms with E-state index in [1.165, 1.54) is 25.7 Å². The maximum atomic E-state index is 9.09. The van der Waals surface area contributed by atoms with Crippen LogP contribution in [0.2, 0.25) is 0 Å². The molecule has 2 N–H and O–H groups in total. The predicted molar refractivity (Wildman–Crippen MR) is 51.1 cm³/mol. The van der Waals surface area contributed by atoms with Crippen molar-refractivity contribution in [1.29, 1.82) is 0 Å². The van der Waals surface area contributed by atoms with Crippen molar-refractivity contribution in [2.24, 2.45) is 5.92 Å². The largest absolute Gasteiger partial charge is 0.392 e. The van der Waals surface area contributed by atoms with Gasteiger partial charge in [0, 0.05) is 12.6 Å². The Kier molecular flexibility index (Phi) is 4.02. The molecule has 0 aliphatic heterocycles. The van der Waals surface area contributed by atoms with Crippen molar-refractivity contribution in [3.8, 4) is 0 Å². The smallest absolute Gasteiger partial charge is 0.0636 e. The summed E-state index contributed by atoms with van der Waals surface area (Å²) in [5.74, 6) is 0.866. The minimum Gasteiger partial charge on any atom is -0.392 e. The van der Waals surface area contributed by atoms with Gasteiger partial charge in [0.2, 0.25) is 0 Å². The summed E-state index contributed by atoms with van der Waals surface area (Å²) in [5.41, 5.74) is 0. The van der Waals surface area contributed by atoms with Crippen LogP contribution < -0.4 is 5.32 Å². The van der Waals surface area contributed by atoms with Crippen LogP contribution in [-0.4, -0.2) is 23.8 Å². The van der Waals surface area contributed by atoms with Gasteiger partial charge < -0.3 is 10.4 Å². The number of hydrogen-bond acceptors (Lipinski definition) is 2. The fourth-order valence-electron chi connectivity index (χ4n) is 1.96. The Morgan fingerprint density at radius 3 is 2.83 bits per heavy atom. The van der Waals surface area contributed by atoms with Gasteiger partial charge in [-0.25, -0.2) is 0 Å². The summed E-state index contributed by atoms with van der Waals surface area (Å²) in [6.45, 7) is 4.90. The Hall–Kier alpha value is -0.0800. The van der Waals surface area contributed by atoms with Crippen LogP contribution >= 0.6 is 0 Å². The molecule has 0 amide bonds. The minimum atomic E-state index is -0.206. The van der Waals surface area contributed by atoms with Crippen LogP contribution in [0.25, 0.3) is 0 Å². The highest BCUT2D eigenvalue weighted by Gasteiger charge is 2.18. The third-order valence-electron chi connectivity index (χ3n) is 2.64. The normalized spacial score (nSPS) is 33.2. The zero-order valence-corrected chi connectivity index (χ0v) is 8.21. The molecule has 2 nitrogen and oxygen atoms in total. The predicted octanol–water partition coefficient (Wildman–Crippen LogP) is 1.54. The number of hydrogen-bond donors (Lipinski definition) is 2. The molecule has 0 heterocycles. The van der Waals surface area contributed by atoms with Crippen molar-refractivity contribution in [3.63, 3.8) is 0 Å². The van der Waals surface area contributed by atoms with Crippen molar-refractivity contribution in [2.45, 2.75) is 51.7 Å². The molecule has 72 valence electrons. The third-order valence-corrected chi connectivity index (χ3v) is 2.64. The Balaban J connectivity index is 2.14. The summed E-state index contributed by atoms with van der Waals surface area (Å²) in [6, 6.07) is 0.656. The summed E-state index contributed by atoms with van der Waals surface area (Å²) >= 11 is 0. The molecule has 0 aromatic carbocycles. The van der Waals surface area contributed by atoms with E-state index >= 15 is 0 Å². The van der Waals surface area contributed by atoms with Gasteiger partial charge in [0.1, 0.15) is 0 Å². The lowest BCUT2D eigenvalue weighted by atomic mass is 9.87. The van der Waals surface area contributed by atoms with Gasteiger partial charge in [-0.05, 0) is 25.7 Å². The number of rotatable bonds is 3. The maximum absolute atomic E-state index is 9.09. The van der Waals surface area contributed by atoms with Crippen molar-refractivity contribution in [1.82, 2.24) is 5.32 Å². The van der Waals surface area contributed by atoms with Gasteiger partial charge in [0.25, 0.3) is 0 Å². The van der Waals surface area contributed by atoms with Crippen LogP contribution in [0, 0.1) is 5.92 Å². The van der Waals surface area contributed by atoms with Crippen molar-refractivity contribution < 1.29 is 5.11 Å². The quantitative estimate of drug-likeness (QED) is 0.675. The number of aliphatic hydroxyl groups excluding tert-OH is 1. The van der Waals surface area contributed by atoms with Gasteiger partial charge in [-0.3, -0.25) is 0 Å². The first-order valence-electron chi connectivity index (χ1n) is 5.10. The van der Waals surface area contributed by atoms with E-state index in [-0.39, 0.29) is 6.10 Å². The lowest BCUT2D eigenvalue weighted by Gasteiger charge is -2.28. The Bertz CT molecular complexity index is 125. The first-order chi connectivity index (χ1) is 5.68. The second-order valence-electron chi connectivity index (χ2n) is 4.23. The topological polar surface area (TPSA) is 32.3 Å². The second-order valence-corrected chi connectivity index (χ2v) is 4.23. The third kappa shape index (κ3) is 3.55. The molecule has 0 unspecified atom stereocenters. The fraction of sp³-hybridized carbons (Fsp3) is 1.00. The zero-order chi connectivity index (χ0) is 8.97. The van der Waals surface area contributed by atoms with E-state index in [2.05, 4.69) is 12.2 Å².